The molecule has 7 nitrogen and oxygen atoms in total. The Morgan fingerprint density at radius 2 is 1.63 bits per heavy atom. The first-order valence-electron chi connectivity index (χ1n) is 11.8. The first-order valence-corrected chi connectivity index (χ1v) is 11.8. The van der Waals surface area contributed by atoms with E-state index in [0.717, 1.165) is 22.3 Å². The Hall–Kier alpha value is -3.49. The van der Waals surface area contributed by atoms with E-state index >= 15 is 0 Å². The lowest BCUT2D eigenvalue weighted by atomic mass is 9.85. The van der Waals surface area contributed by atoms with Crippen LogP contribution in [0.4, 0.5) is 13.6 Å². The molecule has 0 heterocycles. The van der Waals surface area contributed by atoms with Gasteiger partial charge in [0.05, 0.1) is 5.92 Å². The normalized spacial score (nSPS) is 20.0. The maximum absolute atomic E-state index is 13.2. The predicted molar refractivity (Wildman–Crippen MR) is 124 cm³/mol. The molecule has 2 aliphatic carbocycles. The molecule has 3 atom stereocenters. The van der Waals surface area contributed by atoms with E-state index in [2.05, 4.69) is 10.6 Å². The van der Waals surface area contributed by atoms with E-state index in [1.54, 1.807) is 0 Å². The van der Waals surface area contributed by atoms with E-state index in [1.807, 2.05) is 48.5 Å². The van der Waals surface area contributed by atoms with Crippen LogP contribution >= 0.6 is 0 Å². The van der Waals surface area contributed by atoms with Crippen LogP contribution in [0.2, 0.25) is 0 Å². The van der Waals surface area contributed by atoms with Crippen LogP contribution in [0, 0.1) is 5.92 Å². The molecule has 0 radical (unpaired) electrons. The highest BCUT2D eigenvalue weighted by Gasteiger charge is 2.33. The summed E-state index contributed by atoms with van der Waals surface area (Å²) in [7, 11) is 0. The molecule has 0 aliphatic heterocycles. The highest BCUT2D eigenvalue weighted by atomic mass is 19.3. The SMILES string of the molecule is O=C(NC(CC(F)F)C(=O)N[C@@H]1CCC[C@H](C(=O)O)C1)OCC1c2ccccc2-c2ccccc21. The molecule has 0 saturated heterocycles. The minimum atomic E-state index is -2.82. The van der Waals surface area contributed by atoms with Crippen LogP contribution in [-0.4, -0.2) is 48.2 Å². The molecule has 1 saturated carbocycles. The number of carbonyl (C=O) groups excluding carboxylic acids is 2. The zero-order valence-corrected chi connectivity index (χ0v) is 19.1. The van der Waals surface area contributed by atoms with E-state index in [1.165, 1.54) is 0 Å². The highest BCUT2D eigenvalue weighted by Crippen LogP contribution is 2.44. The number of rotatable bonds is 8. The second-order valence-corrected chi connectivity index (χ2v) is 9.06. The Morgan fingerprint density at radius 3 is 2.23 bits per heavy atom. The van der Waals surface area contributed by atoms with Crippen molar-refractivity contribution in [2.45, 2.75) is 56.5 Å². The number of benzene rings is 2. The summed E-state index contributed by atoms with van der Waals surface area (Å²) in [6.45, 7) is -0.00814. The van der Waals surface area contributed by atoms with Crippen LogP contribution < -0.4 is 10.6 Å². The van der Waals surface area contributed by atoms with Gasteiger partial charge in [-0.2, -0.15) is 0 Å². The topological polar surface area (TPSA) is 105 Å². The summed E-state index contributed by atoms with van der Waals surface area (Å²) < 4.78 is 31.7. The molecule has 2 aliphatic rings. The van der Waals surface area contributed by atoms with Crippen LogP contribution in [-0.2, 0) is 14.3 Å². The van der Waals surface area contributed by atoms with E-state index in [4.69, 9.17) is 4.74 Å². The number of alkyl halides is 2. The van der Waals surface area contributed by atoms with Gasteiger partial charge in [-0.05, 0) is 41.5 Å². The number of fused-ring (bicyclic) bond motifs is 3. The molecule has 9 heteroatoms. The second-order valence-electron chi connectivity index (χ2n) is 9.06. The van der Waals surface area contributed by atoms with E-state index < -0.39 is 48.8 Å². The van der Waals surface area contributed by atoms with Crippen LogP contribution in [0.25, 0.3) is 11.1 Å². The molecule has 2 aromatic rings. The molecule has 2 aromatic carbocycles. The third kappa shape index (κ3) is 5.78. The lowest BCUT2D eigenvalue weighted by molar-refractivity contribution is -0.143. The third-order valence-corrected chi connectivity index (χ3v) is 6.74. The van der Waals surface area contributed by atoms with Gasteiger partial charge in [0.2, 0.25) is 12.3 Å². The van der Waals surface area contributed by atoms with Gasteiger partial charge in [-0.1, -0.05) is 55.0 Å². The summed E-state index contributed by atoms with van der Waals surface area (Å²) in [6.07, 6.45) is -2.74. The summed E-state index contributed by atoms with van der Waals surface area (Å²) in [6, 6.07) is 13.7. The number of halogens is 2. The van der Waals surface area contributed by atoms with Crippen molar-refractivity contribution in [3.05, 3.63) is 59.7 Å². The van der Waals surface area contributed by atoms with Gasteiger partial charge < -0.3 is 20.5 Å². The fourth-order valence-electron chi connectivity index (χ4n) is 5.04. The van der Waals surface area contributed by atoms with Crippen molar-refractivity contribution < 1.29 is 33.0 Å². The Balaban J connectivity index is 1.38. The van der Waals surface area contributed by atoms with Crippen LogP contribution in [0.1, 0.15) is 49.1 Å². The van der Waals surface area contributed by atoms with Crippen LogP contribution in [0.3, 0.4) is 0 Å². The average Bonchev–Trinajstić information content (AvgIpc) is 3.16. The number of nitrogens with one attached hydrogen (secondary N) is 2. The van der Waals surface area contributed by atoms with Gasteiger partial charge in [0.25, 0.3) is 0 Å². The van der Waals surface area contributed by atoms with Crippen molar-refractivity contribution in [1.29, 1.82) is 0 Å². The van der Waals surface area contributed by atoms with Gasteiger partial charge in [0.1, 0.15) is 12.6 Å². The van der Waals surface area contributed by atoms with Gasteiger partial charge in [-0.25, -0.2) is 13.6 Å². The maximum Gasteiger partial charge on any atom is 0.407 e. The summed E-state index contributed by atoms with van der Waals surface area (Å²) in [5, 5.41) is 14.1. The fourth-order valence-corrected chi connectivity index (χ4v) is 5.04. The molecule has 0 aromatic heterocycles. The number of amides is 2. The van der Waals surface area contributed by atoms with Crippen molar-refractivity contribution >= 4 is 18.0 Å². The predicted octanol–water partition coefficient (Wildman–Crippen LogP) is 4.31. The molecule has 186 valence electrons. The van der Waals surface area contributed by atoms with E-state index in [0.29, 0.717) is 19.3 Å². The highest BCUT2D eigenvalue weighted by molar-refractivity contribution is 5.86. The molecular formula is C26H28F2N2O5. The van der Waals surface area contributed by atoms with Gasteiger partial charge in [0, 0.05) is 18.4 Å². The molecule has 3 N–H and O–H groups in total. The Kier molecular flexibility index (Phi) is 7.63. The zero-order valence-electron chi connectivity index (χ0n) is 19.1. The standard InChI is InChI=1S/C26H28F2N2O5/c27-23(28)13-22(24(31)29-16-7-5-6-15(12-16)25(32)33)30-26(34)35-14-21-19-10-3-1-8-17(19)18-9-2-4-11-20(18)21/h1-4,8-11,15-16,21-23H,5-7,12-14H2,(H,29,31)(H,30,34)(H,32,33)/t15-,16+,22?/m0/s1. The van der Waals surface area contributed by atoms with Crippen LogP contribution in [0.5, 0.6) is 0 Å². The van der Waals surface area contributed by atoms with E-state index in [-0.39, 0.29) is 18.9 Å². The van der Waals surface area contributed by atoms with Gasteiger partial charge in [-0.15, -0.1) is 0 Å². The number of hydrogen-bond donors (Lipinski definition) is 3. The summed E-state index contributed by atoms with van der Waals surface area (Å²) >= 11 is 0. The lowest BCUT2D eigenvalue weighted by Crippen LogP contribution is -2.51. The number of carboxylic acid groups (broad SMARTS) is 1. The maximum atomic E-state index is 13.2. The number of ether oxygens (including phenoxy) is 1. The largest absolute Gasteiger partial charge is 0.481 e. The number of alkyl carbamates (subject to hydrolysis) is 1. The van der Waals surface area contributed by atoms with Crippen molar-refractivity contribution in [1.82, 2.24) is 10.6 Å². The zero-order chi connectivity index (χ0) is 24.9. The molecular weight excluding hydrogens is 458 g/mol. The smallest absolute Gasteiger partial charge is 0.407 e. The van der Waals surface area contributed by atoms with Crippen molar-refractivity contribution in [2.75, 3.05) is 6.61 Å². The Labute approximate surface area is 201 Å². The summed E-state index contributed by atoms with van der Waals surface area (Å²) in [5.41, 5.74) is 4.13. The molecule has 0 bridgehead atoms. The Bertz CT molecular complexity index is 1050. The second kappa shape index (κ2) is 10.8. The first kappa shape index (κ1) is 24.6. The Morgan fingerprint density at radius 1 is 1.00 bits per heavy atom. The van der Waals surface area contributed by atoms with Crippen molar-refractivity contribution in [3.8, 4) is 11.1 Å². The van der Waals surface area contributed by atoms with Crippen molar-refractivity contribution in [3.63, 3.8) is 0 Å². The number of carbonyl (C=O) groups is 3. The minimum Gasteiger partial charge on any atom is -0.481 e. The fraction of sp³-hybridized carbons (Fsp3) is 0.423. The third-order valence-electron chi connectivity index (χ3n) is 6.74. The van der Waals surface area contributed by atoms with Gasteiger partial charge >= 0.3 is 12.1 Å². The minimum absolute atomic E-state index is 0.00814. The molecule has 2 amide bonds. The summed E-state index contributed by atoms with van der Waals surface area (Å²) in [4.78, 5) is 36.5. The molecule has 4 rings (SSSR count). The van der Waals surface area contributed by atoms with Crippen LogP contribution in [0.15, 0.2) is 48.5 Å². The van der Waals surface area contributed by atoms with Gasteiger partial charge in [-0.3, -0.25) is 9.59 Å². The van der Waals surface area contributed by atoms with E-state index in [9.17, 15) is 28.3 Å². The quantitative estimate of drug-likeness (QED) is 0.516. The number of hydrogen-bond acceptors (Lipinski definition) is 4. The number of aliphatic carboxylic acids is 1. The monoisotopic (exact) mass is 486 g/mol. The molecule has 1 unspecified atom stereocenters. The van der Waals surface area contributed by atoms with Gasteiger partial charge in [0.15, 0.2) is 0 Å². The average molecular weight is 487 g/mol. The summed E-state index contributed by atoms with van der Waals surface area (Å²) in [5.74, 6) is -2.50. The van der Waals surface area contributed by atoms with Crippen molar-refractivity contribution in [2.24, 2.45) is 5.92 Å². The lowest BCUT2D eigenvalue weighted by Gasteiger charge is -2.29. The first-order chi connectivity index (χ1) is 16.8. The number of carboxylic acids is 1. The molecule has 35 heavy (non-hydrogen) atoms. The molecule has 0 spiro atoms. The molecule has 1 fully saturated rings.